The van der Waals surface area contributed by atoms with Crippen LogP contribution in [0.4, 0.5) is 5.82 Å². The zero-order valence-electron chi connectivity index (χ0n) is 17.2. The number of anilines is 1. The van der Waals surface area contributed by atoms with Gasteiger partial charge in [0.05, 0.1) is 24.7 Å². The summed E-state index contributed by atoms with van der Waals surface area (Å²) in [5, 5.41) is 13.4. The molecular weight excluding hydrogens is 396 g/mol. The van der Waals surface area contributed by atoms with Gasteiger partial charge in [-0.25, -0.2) is 14.6 Å². The molecule has 0 spiro atoms. The first-order chi connectivity index (χ1) is 15.2. The van der Waals surface area contributed by atoms with Crippen LogP contribution in [-0.4, -0.2) is 59.1 Å². The molecule has 0 aliphatic heterocycles. The molecule has 2 N–H and O–H groups in total. The molecule has 0 fully saturated rings. The summed E-state index contributed by atoms with van der Waals surface area (Å²) in [4.78, 5) is 20.7. The molecule has 160 valence electrons. The summed E-state index contributed by atoms with van der Waals surface area (Å²) in [6, 6.07) is 13.8. The smallest absolute Gasteiger partial charge is 0.258 e. The second-order valence-electron chi connectivity index (χ2n) is 6.89. The fourth-order valence-corrected chi connectivity index (χ4v) is 3.23. The SMILES string of the molecule is COCCNc1ncnc2c1cnn2CCNC(=O)COc1ccc2ccccc2c1. The Morgan fingerprint density at radius 3 is 2.84 bits per heavy atom. The highest BCUT2D eigenvalue weighted by molar-refractivity contribution is 5.86. The molecule has 0 saturated carbocycles. The van der Waals surface area contributed by atoms with Crippen LogP contribution in [0.1, 0.15) is 0 Å². The lowest BCUT2D eigenvalue weighted by molar-refractivity contribution is -0.123. The van der Waals surface area contributed by atoms with Crippen LogP contribution >= 0.6 is 0 Å². The molecule has 2 aromatic heterocycles. The second kappa shape index (κ2) is 9.86. The normalized spacial score (nSPS) is 11.0. The van der Waals surface area contributed by atoms with E-state index in [2.05, 4.69) is 25.7 Å². The molecule has 0 aliphatic rings. The molecule has 0 aliphatic carbocycles. The molecule has 1 amide bonds. The average molecular weight is 420 g/mol. The molecule has 31 heavy (non-hydrogen) atoms. The topological polar surface area (TPSA) is 103 Å². The van der Waals surface area contributed by atoms with Crippen molar-refractivity contribution < 1.29 is 14.3 Å². The molecule has 2 heterocycles. The number of carbonyl (C=O) groups excluding carboxylic acids is 1. The number of fused-ring (bicyclic) bond motifs is 2. The lowest BCUT2D eigenvalue weighted by Crippen LogP contribution is -2.31. The molecular formula is C22H24N6O3. The van der Waals surface area contributed by atoms with Gasteiger partial charge in [-0.15, -0.1) is 0 Å². The highest BCUT2D eigenvalue weighted by Gasteiger charge is 2.10. The van der Waals surface area contributed by atoms with Gasteiger partial charge >= 0.3 is 0 Å². The van der Waals surface area contributed by atoms with E-state index in [-0.39, 0.29) is 12.5 Å². The summed E-state index contributed by atoms with van der Waals surface area (Å²) in [6.07, 6.45) is 3.21. The first-order valence-corrected chi connectivity index (χ1v) is 10.0. The number of hydrogen-bond acceptors (Lipinski definition) is 7. The van der Waals surface area contributed by atoms with Gasteiger partial charge in [-0.1, -0.05) is 30.3 Å². The summed E-state index contributed by atoms with van der Waals surface area (Å²) in [5.41, 5.74) is 0.705. The number of methoxy groups -OCH3 is 1. The van der Waals surface area contributed by atoms with Gasteiger partial charge in [0.15, 0.2) is 12.3 Å². The maximum Gasteiger partial charge on any atom is 0.258 e. The van der Waals surface area contributed by atoms with Crippen LogP contribution < -0.4 is 15.4 Å². The fraction of sp³-hybridized carbons (Fsp3) is 0.273. The van der Waals surface area contributed by atoms with E-state index in [0.717, 1.165) is 16.2 Å². The Morgan fingerprint density at radius 2 is 1.97 bits per heavy atom. The minimum Gasteiger partial charge on any atom is -0.484 e. The minimum absolute atomic E-state index is 0.0477. The van der Waals surface area contributed by atoms with E-state index in [1.807, 2.05) is 42.5 Å². The lowest BCUT2D eigenvalue weighted by Gasteiger charge is -2.09. The fourth-order valence-electron chi connectivity index (χ4n) is 3.23. The van der Waals surface area contributed by atoms with Crippen molar-refractivity contribution >= 4 is 33.5 Å². The third-order valence-corrected chi connectivity index (χ3v) is 4.77. The van der Waals surface area contributed by atoms with Crippen molar-refractivity contribution in [3.63, 3.8) is 0 Å². The molecule has 0 saturated heterocycles. The maximum absolute atomic E-state index is 12.2. The number of rotatable bonds is 10. The lowest BCUT2D eigenvalue weighted by atomic mass is 10.1. The zero-order chi connectivity index (χ0) is 21.5. The highest BCUT2D eigenvalue weighted by atomic mass is 16.5. The van der Waals surface area contributed by atoms with E-state index in [4.69, 9.17) is 9.47 Å². The van der Waals surface area contributed by atoms with Crippen LogP contribution in [-0.2, 0) is 16.1 Å². The van der Waals surface area contributed by atoms with Crippen LogP contribution in [0.3, 0.4) is 0 Å². The Bertz CT molecular complexity index is 1180. The Hall–Kier alpha value is -3.72. The van der Waals surface area contributed by atoms with E-state index in [9.17, 15) is 4.79 Å². The van der Waals surface area contributed by atoms with Gasteiger partial charge in [0.2, 0.25) is 0 Å². The van der Waals surface area contributed by atoms with E-state index in [1.165, 1.54) is 6.33 Å². The predicted molar refractivity (Wildman–Crippen MR) is 118 cm³/mol. The minimum atomic E-state index is -0.193. The number of nitrogens with zero attached hydrogens (tertiary/aromatic N) is 4. The van der Waals surface area contributed by atoms with Gasteiger partial charge in [0.25, 0.3) is 5.91 Å². The van der Waals surface area contributed by atoms with E-state index >= 15 is 0 Å². The quantitative estimate of drug-likeness (QED) is 0.379. The summed E-state index contributed by atoms with van der Waals surface area (Å²) >= 11 is 0. The molecule has 2 aromatic carbocycles. The van der Waals surface area contributed by atoms with E-state index in [1.54, 1.807) is 18.0 Å². The average Bonchev–Trinajstić information content (AvgIpc) is 3.22. The Balaban J connectivity index is 1.28. The first-order valence-electron chi connectivity index (χ1n) is 10.0. The summed E-state index contributed by atoms with van der Waals surface area (Å²) in [7, 11) is 1.65. The maximum atomic E-state index is 12.2. The number of amides is 1. The highest BCUT2D eigenvalue weighted by Crippen LogP contribution is 2.20. The summed E-state index contributed by atoms with van der Waals surface area (Å²) < 4.78 is 12.4. The van der Waals surface area contributed by atoms with Crippen molar-refractivity contribution in [1.82, 2.24) is 25.1 Å². The van der Waals surface area contributed by atoms with Gasteiger partial charge in [0, 0.05) is 20.2 Å². The summed E-state index contributed by atoms with van der Waals surface area (Å²) in [5.74, 6) is 1.18. The van der Waals surface area contributed by atoms with Gasteiger partial charge < -0.3 is 20.1 Å². The van der Waals surface area contributed by atoms with E-state index in [0.29, 0.717) is 43.5 Å². The van der Waals surface area contributed by atoms with Crippen molar-refractivity contribution in [1.29, 1.82) is 0 Å². The van der Waals surface area contributed by atoms with Gasteiger partial charge in [-0.3, -0.25) is 4.79 Å². The first kappa shape index (κ1) is 20.5. The molecule has 0 atom stereocenters. The number of hydrogen-bond donors (Lipinski definition) is 2. The largest absolute Gasteiger partial charge is 0.484 e. The van der Waals surface area contributed by atoms with E-state index < -0.39 is 0 Å². The molecule has 9 heteroatoms. The number of aromatic nitrogens is 4. The molecule has 4 aromatic rings. The Kier molecular flexibility index (Phi) is 6.53. The zero-order valence-corrected chi connectivity index (χ0v) is 17.2. The predicted octanol–water partition coefficient (Wildman–Crippen LogP) is 2.23. The van der Waals surface area contributed by atoms with Crippen molar-refractivity contribution in [2.45, 2.75) is 6.54 Å². The number of carbonyl (C=O) groups is 1. The molecule has 0 unspecified atom stereocenters. The van der Waals surface area contributed by atoms with Crippen molar-refractivity contribution in [2.24, 2.45) is 0 Å². The van der Waals surface area contributed by atoms with Crippen LogP contribution in [0.15, 0.2) is 55.0 Å². The van der Waals surface area contributed by atoms with Crippen LogP contribution in [0.2, 0.25) is 0 Å². The van der Waals surface area contributed by atoms with Crippen LogP contribution in [0.25, 0.3) is 21.8 Å². The summed E-state index contributed by atoms with van der Waals surface area (Å²) in [6.45, 7) is 2.06. The van der Waals surface area contributed by atoms with Crippen molar-refractivity contribution in [2.75, 3.05) is 38.7 Å². The third kappa shape index (κ3) is 5.07. The van der Waals surface area contributed by atoms with Crippen molar-refractivity contribution in [3.05, 3.63) is 55.0 Å². The molecule has 0 radical (unpaired) electrons. The molecule has 0 bridgehead atoms. The number of nitrogens with one attached hydrogen (secondary N) is 2. The Labute approximate surface area is 179 Å². The second-order valence-corrected chi connectivity index (χ2v) is 6.89. The van der Waals surface area contributed by atoms with Crippen LogP contribution in [0, 0.1) is 0 Å². The number of benzene rings is 2. The van der Waals surface area contributed by atoms with Gasteiger partial charge in [-0.2, -0.15) is 5.10 Å². The molecule has 9 nitrogen and oxygen atoms in total. The third-order valence-electron chi connectivity index (χ3n) is 4.77. The standard InChI is InChI=1S/C22H24N6O3/c1-30-11-9-24-21-19-13-27-28(22(19)26-15-25-21)10-8-23-20(29)14-31-18-7-6-16-4-2-3-5-17(16)12-18/h2-7,12-13,15H,8-11,14H2,1H3,(H,23,29)(H,24,25,26). The number of ether oxygens (including phenoxy) is 2. The van der Waals surface area contributed by atoms with Gasteiger partial charge in [-0.05, 0) is 22.9 Å². The van der Waals surface area contributed by atoms with Gasteiger partial charge in [0.1, 0.15) is 17.9 Å². The van der Waals surface area contributed by atoms with Crippen molar-refractivity contribution in [3.8, 4) is 5.75 Å². The van der Waals surface area contributed by atoms with Crippen LogP contribution in [0.5, 0.6) is 5.75 Å². The molecule has 4 rings (SSSR count). The Morgan fingerprint density at radius 1 is 1.10 bits per heavy atom. The monoisotopic (exact) mass is 420 g/mol.